The second-order valence-electron chi connectivity index (χ2n) is 4.46. The highest BCUT2D eigenvalue weighted by molar-refractivity contribution is 7.80. The first-order chi connectivity index (χ1) is 9.56. The molecule has 1 saturated heterocycles. The van der Waals surface area contributed by atoms with Crippen molar-refractivity contribution in [1.82, 2.24) is 4.90 Å². The van der Waals surface area contributed by atoms with Crippen LogP contribution in [0.15, 0.2) is 29.8 Å². The Bertz CT molecular complexity index is 516. The van der Waals surface area contributed by atoms with E-state index in [0.29, 0.717) is 26.7 Å². The fraction of sp³-hybridized carbons (Fsp3) is 0.357. The molecule has 0 bridgehead atoms. The molecule has 0 amide bonds. The number of hydrogen-bond acceptors (Lipinski definition) is 3. The lowest BCUT2D eigenvalue weighted by Gasteiger charge is -2.18. The quantitative estimate of drug-likeness (QED) is 0.769. The van der Waals surface area contributed by atoms with E-state index in [2.05, 4.69) is 6.58 Å². The van der Waals surface area contributed by atoms with Crippen molar-refractivity contribution in [1.29, 1.82) is 0 Å². The minimum absolute atomic E-state index is 0.196. The Kier molecular flexibility index (Phi) is 5.52. The zero-order chi connectivity index (χ0) is 14.5. The Balaban J connectivity index is 2.02. The first-order valence-electron chi connectivity index (χ1n) is 6.28. The van der Waals surface area contributed by atoms with Gasteiger partial charge in [-0.3, -0.25) is 0 Å². The molecule has 1 aromatic carbocycles. The van der Waals surface area contributed by atoms with Crippen LogP contribution >= 0.6 is 35.4 Å². The van der Waals surface area contributed by atoms with Gasteiger partial charge in [0.2, 0.25) is 0 Å². The highest BCUT2D eigenvalue weighted by Crippen LogP contribution is 2.30. The number of thiocarbonyl (C=S) groups is 1. The minimum Gasteiger partial charge on any atom is -0.486 e. The highest BCUT2D eigenvalue weighted by Gasteiger charge is 2.17. The standard InChI is InChI=1S/C14H15Cl2NO2S/c1-10(15)9-18-13-8-11(4-5-12(13)16)19-14(20)17-6-2-3-7-17/h4-5,8H,1-3,6-7,9H2. The highest BCUT2D eigenvalue weighted by atomic mass is 35.5. The van der Waals surface area contributed by atoms with Gasteiger partial charge in [-0.2, -0.15) is 0 Å². The molecule has 108 valence electrons. The first kappa shape index (κ1) is 15.4. The summed E-state index contributed by atoms with van der Waals surface area (Å²) in [5.74, 6) is 1.09. The summed E-state index contributed by atoms with van der Waals surface area (Å²) >= 11 is 17.0. The molecule has 20 heavy (non-hydrogen) atoms. The van der Waals surface area contributed by atoms with E-state index in [1.54, 1.807) is 18.2 Å². The fourth-order valence-electron chi connectivity index (χ4n) is 1.88. The molecule has 0 aromatic heterocycles. The van der Waals surface area contributed by atoms with Crippen LogP contribution in [0.1, 0.15) is 12.8 Å². The van der Waals surface area contributed by atoms with Crippen molar-refractivity contribution in [2.45, 2.75) is 12.8 Å². The van der Waals surface area contributed by atoms with E-state index in [9.17, 15) is 0 Å². The van der Waals surface area contributed by atoms with Gasteiger partial charge in [0.1, 0.15) is 18.1 Å². The Morgan fingerprint density at radius 1 is 1.35 bits per heavy atom. The molecule has 0 N–H and O–H groups in total. The van der Waals surface area contributed by atoms with Crippen LogP contribution in [-0.4, -0.2) is 29.8 Å². The summed E-state index contributed by atoms with van der Waals surface area (Å²) in [7, 11) is 0. The zero-order valence-corrected chi connectivity index (χ0v) is 13.2. The summed E-state index contributed by atoms with van der Waals surface area (Å²) in [4.78, 5) is 2.05. The topological polar surface area (TPSA) is 21.7 Å². The van der Waals surface area contributed by atoms with E-state index in [-0.39, 0.29) is 6.61 Å². The summed E-state index contributed by atoms with van der Waals surface area (Å²) < 4.78 is 11.1. The van der Waals surface area contributed by atoms with Crippen molar-refractivity contribution in [3.05, 3.63) is 34.8 Å². The van der Waals surface area contributed by atoms with Crippen LogP contribution in [0.25, 0.3) is 0 Å². The number of ether oxygens (including phenoxy) is 2. The number of rotatable bonds is 4. The predicted octanol–water partition coefficient (Wildman–Crippen LogP) is 4.23. The maximum atomic E-state index is 6.05. The number of likely N-dealkylation sites (tertiary alicyclic amines) is 1. The summed E-state index contributed by atoms with van der Waals surface area (Å²) in [5.41, 5.74) is 0. The van der Waals surface area contributed by atoms with Gasteiger partial charge in [0.15, 0.2) is 0 Å². The zero-order valence-electron chi connectivity index (χ0n) is 10.9. The maximum absolute atomic E-state index is 6.05. The molecule has 0 atom stereocenters. The van der Waals surface area contributed by atoms with Crippen LogP contribution in [0, 0.1) is 0 Å². The molecule has 0 aliphatic carbocycles. The Morgan fingerprint density at radius 2 is 2.05 bits per heavy atom. The Hall–Kier alpha value is -0.970. The van der Waals surface area contributed by atoms with Crippen LogP contribution in [0.4, 0.5) is 0 Å². The first-order valence-corrected chi connectivity index (χ1v) is 7.45. The summed E-state index contributed by atoms with van der Waals surface area (Å²) in [5, 5.41) is 1.37. The molecule has 1 aromatic rings. The second kappa shape index (κ2) is 7.16. The monoisotopic (exact) mass is 331 g/mol. The normalized spacial score (nSPS) is 14.2. The molecular formula is C14H15Cl2NO2S. The summed E-state index contributed by atoms with van der Waals surface area (Å²) in [6.45, 7) is 5.65. The number of hydrogen-bond donors (Lipinski definition) is 0. The van der Waals surface area contributed by atoms with Crippen LogP contribution in [0.5, 0.6) is 11.5 Å². The van der Waals surface area contributed by atoms with E-state index < -0.39 is 0 Å². The van der Waals surface area contributed by atoms with Gasteiger partial charge in [0.25, 0.3) is 5.17 Å². The molecule has 0 spiro atoms. The Morgan fingerprint density at radius 3 is 2.70 bits per heavy atom. The van der Waals surface area contributed by atoms with Crippen LogP contribution < -0.4 is 9.47 Å². The van der Waals surface area contributed by atoms with Crippen molar-refractivity contribution in [3.8, 4) is 11.5 Å². The lowest BCUT2D eigenvalue weighted by Crippen LogP contribution is -2.30. The van der Waals surface area contributed by atoms with E-state index in [1.165, 1.54) is 0 Å². The molecule has 3 nitrogen and oxygen atoms in total. The van der Waals surface area contributed by atoms with Crippen molar-refractivity contribution < 1.29 is 9.47 Å². The second-order valence-corrected chi connectivity index (χ2v) is 5.75. The number of nitrogens with zero attached hydrogens (tertiary/aromatic N) is 1. The van der Waals surface area contributed by atoms with Gasteiger partial charge < -0.3 is 14.4 Å². The maximum Gasteiger partial charge on any atom is 0.264 e. The van der Waals surface area contributed by atoms with Crippen molar-refractivity contribution in [3.63, 3.8) is 0 Å². The molecule has 1 heterocycles. The molecule has 0 saturated carbocycles. The molecular weight excluding hydrogens is 317 g/mol. The molecule has 6 heteroatoms. The molecule has 1 fully saturated rings. The van der Waals surface area contributed by atoms with Crippen LogP contribution in [0.3, 0.4) is 0 Å². The van der Waals surface area contributed by atoms with Gasteiger partial charge in [0.05, 0.1) is 5.02 Å². The largest absolute Gasteiger partial charge is 0.486 e. The smallest absolute Gasteiger partial charge is 0.264 e. The fourth-order valence-corrected chi connectivity index (χ4v) is 2.38. The van der Waals surface area contributed by atoms with E-state index in [0.717, 1.165) is 25.9 Å². The molecule has 0 radical (unpaired) electrons. The lowest BCUT2D eigenvalue weighted by atomic mass is 10.3. The average molecular weight is 332 g/mol. The third-order valence-corrected chi connectivity index (χ3v) is 3.62. The third kappa shape index (κ3) is 4.27. The van der Waals surface area contributed by atoms with Crippen molar-refractivity contribution >= 4 is 40.6 Å². The summed E-state index contributed by atoms with van der Waals surface area (Å²) in [6.07, 6.45) is 2.30. The lowest BCUT2D eigenvalue weighted by molar-refractivity contribution is 0.356. The molecule has 1 aliphatic rings. The van der Waals surface area contributed by atoms with Gasteiger partial charge in [-0.15, -0.1) is 0 Å². The van der Waals surface area contributed by atoms with Crippen LogP contribution in [0.2, 0.25) is 5.02 Å². The van der Waals surface area contributed by atoms with Gasteiger partial charge >= 0.3 is 0 Å². The number of halogens is 2. The number of benzene rings is 1. The van der Waals surface area contributed by atoms with Crippen molar-refractivity contribution in [2.75, 3.05) is 19.7 Å². The SMILES string of the molecule is C=C(Cl)COc1cc(OC(=S)N2CCCC2)ccc1Cl. The average Bonchev–Trinajstić information content (AvgIpc) is 2.93. The molecule has 1 aliphatic heterocycles. The van der Waals surface area contributed by atoms with Crippen LogP contribution in [-0.2, 0) is 0 Å². The molecule has 0 unspecified atom stereocenters. The van der Waals surface area contributed by atoms with Gasteiger partial charge in [0, 0.05) is 24.2 Å². The minimum atomic E-state index is 0.196. The molecule has 2 rings (SSSR count). The predicted molar refractivity (Wildman–Crippen MR) is 86.0 cm³/mol. The third-order valence-electron chi connectivity index (χ3n) is 2.86. The van der Waals surface area contributed by atoms with E-state index in [1.807, 2.05) is 4.90 Å². The Labute approximate surface area is 134 Å². The van der Waals surface area contributed by atoms with E-state index >= 15 is 0 Å². The van der Waals surface area contributed by atoms with Crippen molar-refractivity contribution in [2.24, 2.45) is 0 Å². The van der Waals surface area contributed by atoms with Gasteiger partial charge in [-0.25, -0.2) is 0 Å². The van der Waals surface area contributed by atoms with Gasteiger partial charge in [-0.1, -0.05) is 29.8 Å². The summed E-state index contributed by atoms with van der Waals surface area (Å²) in [6, 6.07) is 5.16. The van der Waals surface area contributed by atoms with E-state index in [4.69, 9.17) is 44.9 Å². The van der Waals surface area contributed by atoms with Gasteiger partial charge in [-0.05, 0) is 37.2 Å².